The molecule has 0 N–H and O–H groups in total. The monoisotopic (exact) mass is 326 g/mol. The van der Waals surface area contributed by atoms with E-state index in [-0.39, 0.29) is 5.97 Å². The number of hydrogen-bond acceptors (Lipinski definition) is 3. The van der Waals surface area contributed by atoms with Gasteiger partial charge in [-0.2, -0.15) is 0 Å². The summed E-state index contributed by atoms with van der Waals surface area (Å²) in [5.41, 5.74) is 2.23. The molecule has 0 bridgehead atoms. The second-order valence-corrected chi connectivity index (χ2v) is 6.07. The van der Waals surface area contributed by atoms with Gasteiger partial charge in [0.1, 0.15) is 0 Å². The lowest BCUT2D eigenvalue weighted by atomic mass is 10.0. The van der Waals surface area contributed by atoms with E-state index >= 15 is 0 Å². The molecule has 0 aromatic heterocycles. The summed E-state index contributed by atoms with van der Waals surface area (Å²) in [6.45, 7) is 2.24. The maximum atomic E-state index is 11.6. The highest BCUT2D eigenvalue weighted by molar-refractivity contribution is 9.10. The molecule has 2 nitrogen and oxygen atoms in total. The van der Waals surface area contributed by atoms with E-state index in [0.29, 0.717) is 6.61 Å². The summed E-state index contributed by atoms with van der Waals surface area (Å²) in [6.07, 6.45) is 3.65. The number of ether oxygens (including phenoxy) is 1. The lowest BCUT2D eigenvalue weighted by Gasteiger charge is -2.09. The van der Waals surface area contributed by atoms with E-state index in [4.69, 9.17) is 4.74 Å². The van der Waals surface area contributed by atoms with Crippen LogP contribution in [-0.2, 0) is 9.53 Å². The Morgan fingerprint density at radius 2 is 2.39 bits per heavy atom. The lowest BCUT2D eigenvalue weighted by molar-refractivity contribution is -0.137. The Balaban J connectivity index is 2.37. The molecule has 0 fully saturated rings. The summed E-state index contributed by atoms with van der Waals surface area (Å²) in [6, 6.07) is 6.23. The number of halogens is 1. The Morgan fingerprint density at radius 1 is 1.56 bits per heavy atom. The van der Waals surface area contributed by atoms with E-state index in [1.54, 1.807) is 6.08 Å². The van der Waals surface area contributed by atoms with Gasteiger partial charge in [-0.05, 0) is 54.9 Å². The molecule has 1 aliphatic rings. The maximum absolute atomic E-state index is 11.6. The first-order valence-electron chi connectivity index (χ1n) is 6.00. The quantitative estimate of drug-likeness (QED) is 0.599. The average molecular weight is 327 g/mol. The number of thioether (sulfide) groups is 1. The van der Waals surface area contributed by atoms with Gasteiger partial charge in [0.15, 0.2) is 0 Å². The van der Waals surface area contributed by atoms with Crippen LogP contribution in [0, 0.1) is 0 Å². The van der Waals surface area contributed by atoms with Crippen LogP contribution in [-0.4, -0.2) is 18.3 Å². The molecule has 18 heavy (non-hydrogen) atoms. The van der Waals surface area contributed by atoms with Crippen LogP contribution in [0.3, 0.4) is 0 Å². The van der Waals surface area contributed by atoms with E-state index in [1.165, 1.54) is 4.90 Å². The minimum absolute atomic E-state index is 0.245. The van der Waals surface area contributed by atoms with Gasteiger partial charge in [0.2, 0.25) is 0 Å². The van der Waals surface area contributed by atoms with Gasteiger partial charge < -0.3 is 4.74 Å². The topological polar surface area (TPSA) is 26.3 Å². The molecule has 0 spiro atoms. The van der Waals surface area contributed by atoms with Crippen molar-refractivity contribution in [1.29, 1.82) is 0 Å². The van der Waals surface area contributed by atoms with Gasteiger partial charge in [0.25, 0.3) is 0 Å². The molecule has 0 saturated carbocycles. The molecule has 1 aliphatic heterocycles. The fourth-order valence-electron chi connectivity index (χ4n) is 1.93. The van der Waals surface area contributed by atoms with Crippen LogP contribution < -0.4 is 0 Å². The van der Waals surface area contributed by atoms with E-state index in [9.17, 15) is 4.79 Å². The van der Waals surface area contributed by atoms with Gasteiger partial charge in [-0.1, -0.05) is 15.9 Å². The van der Waals surface area contributed by atoms with Gasteiger partial charge >= 0.3 is 5.97 Å². The number of allylic oxidation sites excluding steroid dienone is 1. The minimum Gasteiger partial charge on any atom is -0.463 e. The highest BCUT2D eigenvalue weighted by Gasteiger charge is 2.14. The van der Waals surface area contributed by atoms with E-state index in [0.717, 1.165) is 34.2 Å². The third-order valence-corrected chi connectivity index (χ3v) is 4.37. The van der Waals surface area contributed by atoms with Crippen molar-refractivity contribution < 1.29 is 9.53 Å². The molecule has 0 radical (unpaired) electrons. The zero-order valence-electron chi connectivity index (χ0n) is 10.2. The van der Waals surface area contributed by atoms with E-state index < -0.39 is 0 Å². The van der Waals surface area contributed by atoms with Gasteiger partial charge in [0.05, 0.1) is 6.61 Å². The van der Waals surface area contributed by atoms with Crippen LogP contribution in [0.15, 0.2) is 33.6 Å². The minimum atomic E-state index is -0.245. The summed E-state index contributed by atoms with van der Waals surface area (Å²) in [5, 5.41) is 0. The summed E-state index contributed by atoms with van der Waals surface area (Å²) in [4.78, 5) is 12.8. The third-order valence-electron chi connectivity index (χ3n) is 2.71. The van der Waals surface area contributed by atoms with Crippen molar-refractivity contribution in [2.75, 3.05) is 12.4 Å². The molecular weight excluding hydrogens is 312 g/mol. The molecular formula is C14H15BrO2S. The molecule has 0 aliphatic carbocycles. The Labute approximate surface area is 120 Å². The molecule has 4 heteroatoms. The molecule has 0 amide bonds. The number of fused-ring (bicyclic) bond motifs is 1. The molecule has 1 heterocycles. The number of carbonyl (C=O) groups is 1. The SMILES string of the molecule is CCOC(=O)/C=C1/CCCSc2ccc(Br)cc21. The standard InChI is InChI=1S/C14H15BrO2S/c1-2-17-14(16)8-10-4-3-7-18-13-6-5-11(15)9-12(10)13/h5-6,8-9H,2-4,7H2,1H3/b10-8-. The largest absolute Gasteiger partial charge is 0.463 e. The average Bonchev–Trinajstić information content (AvgIpc) is 2.52. The Bertz CT molecular complexity index is 483. The first kappa shape index (κ1) is 13.7. The van der Waals surface area contributed by atoms with Gasteiger partial charge in [-0.3, -0.25) is 0 Å². The Morgan fingerprint density at radius 3 is 3.17 bits per heavy atom. The van der Waals surface area contributed by atoms with E-state index in [1.807, 2.05) is 24.8 Å². The second-order valence-electron chi connectivity index (χ2n) is 4.01. The Hall–Kier alpha value is -0.740. The number of esters is 1. The van der Waals surface area contributed by atoms with Gasteiger partial charge in [0, 0.05) is 15.4 Å². The molecule has 0 atom stereocenters. The maximum Gasteiger partial charge on any atom is 0.331 e. The van der Waals surface area contributed by atoms with Crippen molar-refractivity contribution in [3.63, 3.8) is 0 Å². The molecule has 2 rings (SSSR count). The first-order chi connectivity index (χ1) is 8.70. The summed E-state index contributed by atoms with van der Waals surface area (Å²) < 4.78 is 6.04. The smallest absolute Gasteiger partial charge is 0.331 e. The number of rotatable bonds is 2. The van der Waals surface area contributed by atoms with Crippen molar-refractivity contribution in [1.82, 2.24) is 0 Å². The Kier molecular flexibility index (Phi) is 4.89. The molecule has 1 aromatic rings. The van der Waals surface area contributed by atoms with Crippen molar-refractivity contribution in [3.8, 4) is 0 Å². The van der Waals surface area contributed by atoms with Crippen molar-refractivity contribution in [2.24, 2.45) is 0 Å². The lowest BCUT2D eigenvalue weighted by Crippen LogP contribution is -2.01. The normalized spacial score (nSPS) is 17.1. The molecule has 96 valence electrons. The van der Waals surface area contributed by atoms with Gasteiger partial charge in [-0.25, -0.2) is 4.79 Å². The highest BCUT2D eigenvalue weighted by Crippen LogP contribution is 2.36. The van der Waals surface area contributed by atoms with Crippen LogP contribution in [0.5, 0.6) is 0 Å². The number of carbonyl (C=O) groups excluding carboxylic acids is 1. The zero-order valence-corrected chi connectivity index (χ0v) is 12.6. The highest BCUT2D eigenvalue weighted by atomic mass is 79.9. The summed E-state index contributed by atoms with van der Waals surface area (Å²) in [7, 11) is 0. The first-order valence-corrected chi connectivity index (χ1v) is 7.78. The number of hydrogen-bond donors (Lipinski definition) is 0. The summed E-state index contributed by atoms with van der Waals surface area (Å²) >= 11 is 5.34. The van der Waals surface area contributed by atoms with Crippen LogP contribution in [0.4, 0.5) is 0 Å². The third kappa shape index (κ3) is 3.39. The van der Waals surface area contributed by atoms with E-state index in [2.05, 4.69) is 28.1 Å². The predicted molar refractivity (Wildman–Crippen MR) is 78.7 cm³/mol. The van der Waals surface area contributed by atoms with Crippen molar-refractivity contribution in [3.05, 3.63) is 34.3 Å². The molecule has 0 unspecified atom stereocenters. The van der Waals surface area contributed by atoms with Gasteiger partial charge in [-0.15, -0.1) is 11.8 Å². The van der Waals surface area contributed by atoms with Crippen LogP contribution >= 0.6 is 27.7 Å². The second kappa shape index (κ2) is 6.43. The fourth-order valence-corrected chi connectivity index (χ4v) is 3.31. The van der Waals surface area contributed by atoms with Crippen molar-refractivity contribution in [2.45, 2.75) is 24.7 Å². The van der Waals surface area contributed by atoms with Crippen molar-refractivity contribution >= 4 is 39.2 Å². The molecule has 0 saturated heterocycles. The van der Waals surface area contributed by atoms with Crippen LogP contribution in [0.25, 0.3) is 5.57 Å². The predicted octanol–water partition coefficient (Wildman–Crippen LogP) is 4.28. The zero-order chi connectivity index (χ0) is 13.0. The van der Waals surface area contributed by atoms with Crippen LogP contribution in [0.1, 0.15) is 25.3 Å². The summed E-state index contributed by atoms with van der Waals surface area (Å²) in [5.74, 6) is 0.847. The fraction of sp³-hybridized carbons (Fsp3) is 0.357. The van der Waals surface area contributed by atoms with Crippen LogP contribution in [0.2, 0.25) is 0 Å². The number of benzene rings is 1. The molecule has 1 aromatic carbocycles.